The lowest BCUT2D eigenvalue weighted by atomic mass is 10.1. The van der Waals surface area contributed by atoms with Gasteiger partial charge in [-0.3, -0.25) is 0 Å². The summed E-state index contributed by atoms with van der Waals surface area (Å²) in [7, 11) is 0. The number of nitrogens with zero attached hydrogens (tertiary/aromatic N) is 1. The second kappa shape index (κ2) is 5.72. The summed E-state index contributed by atoms with van der Waals surface area (Å²) in [6.45, 7) is 3.05. The van der Waals surface area contributed by atoms with Gasteiger partial charge in [0, 0.05) is 13.1 Å². The fourth-order valence-corrected chi connectivity index (χ4v) is 3.07. The van der Waals surface area contributed by atoms with Gasteiger partial charge in [0.2, 0.25) is 0 Å². The maximum Gasteiger partial charge on any atom is 0.0642 e. The summed E-state index contributed by atoms with van der Waals surface area (Å²) in [4.78, 5) is 2.54. The molecule has 104 valence electrons. The molecule has 2 saturated carbocycles. The van der Waals surface area contributed by atoms with E-state index in [9.17, 15) is 0 Å². The molecule has 0 bridgehead atoms. The molecule has 3 rings (SSSR count). The highest BCUT2D eigenvalue weighted by Crippen LogP contribution is 2.39. The molecule has 0 heterocycles. The number of nitrogens with two attached hydrogens (primary N) is 1. The Morgan fingerprint density at radius 3 is 2.26 bits per heavy atom. The molecule has 2 aliphatic rings. The van der Waals surface area contributed by atoms with Crippen molar-refractivity contribution in [3.63, 3.8) is 0 Å². The van der Waals surface area contributed by atoms with E-state index in [0.717, 1.165) is 23.3 Å². The molecular formula is C16H23ClN2. The smallest absolute Gasteiger partial charge is 0.0642 e. The van der Waals surface area contributed by atoms with Crippen LogP contribution in [0.25, 0.3) is 0 Å². The summed E-state index contributed by atoms with van der Waals surface area (Å²) in [5, 5.41) is 0.896. The SMILES string of the molecule is NCCc1cccc(Cl)c1N(CC1CC1)CC1CC1. The maximum atomic E-state index is 6.49. The standard InChI is InChI=1S/C16H23ClN2/c17-15-3-1-2-14(8-9-18)16(15)19(10-12-4-5-12)11-13-6-7-13/h1-3,12-13H,4-11,18H2. The predicted molar refractivity (Wildman–Crippen MR) is 81.9 cm³/mol. The molecule has 0 unspecified atom stereocenters. The number of rotatable bonds is 7. The van der Waals surface area contributed by atoms with Gasteiger partial charge in [-0.15, -0.1) is 0 Å². The highest BCUT2D eigenvalue weighted by Gasteiger charge is 2.30. The van der Waals surface area contributed by atoms with Crippen LogP contribution in [0.15, 0.2) is 18.2 Å². The Labute approximate surface area is 120 Å². The quantitative estimate of drug-likeness (QED) is 0.828. The van der Waals surface area contributed by atoms with Crippen LogP contribution >= 0.6 is 11.6 Å². The summed E-state index contributed by atoms with van der Waals surface area (Å²) in [5.74, 6) is 1.78. The molecule has 0 atom stereocenters. The van der Waals surface area contributed by atoms with E-state index in [1.807, 2.05) is 12.1 Å². The number of para-hydroxylation sites is 1. The van der Waals surface area contributed by atoms with Crippen LogP contribution < -0.4 is 10.6 Å². The molecule has 2 fully saturated rings. The van der Waals surface area contributed by atoms with Crippen LogP contribution in [-0.2, 0) is 6.42 Å². The average Bonchev–Trinajstić information content (AvgIpc) is 3.24. The van der Waals surface area contributed by atoms with Crippen LogP contribution in [-0.4, -0.2) is 19.6 Å². The molecular weight excluding hydrogens is 256 g/mol. The molecule has 2 aliphatic carbocycles. The van der Waals surface area contributed by atoms with Crippen molar-refractivity contribution < 1.29 is 0 Å². The average molecular weight is 279 g/mol. The first-order valence-electron chi connectivity index (χ1n) is 7.50. The summed E-state index contributed by atoms with van der Waals surface area (Å²) in [6.07, 6.45) is 6.47. The summed E-state index contributed by atoms with van der Waals surface area (Å²) in [5.41, 5.74) is 8.32. The van der Waals surface area contributed by atoms with Crippen molar-refractivity contribution >= 4 is 17.3 Å². The number of halogens is 1. The number of hydrogen-bond acceptors (Lipinski definition) is 2. The van der Waals surface area contributed by atoms with Crippen molar-refractivity contribution in [3.05, 3.63) is 28.8 Å². The van der Waals surface area contributed by atoms with Crippen molar-refractivity contribution in [1.82, 2.24) is 0 Å². The van der Waals surface area contributed by atoms with Gasteiger partial charge in [-0.05, 0) is 62.1 Å². The van der Waals surface area contributed by atoms with Gasteiger partial charge in [-0.1, -0.05) is 23.7 Å². The highest BCUT2D eigenvalue weighted by molar-refractivity contribution is 6.33. The Morgan fingerprint density at radius 1 is 1.11 bits per heavy atom. The molecule has 0 radical (unpaired) electrons. The van der Waals surface area contributed by atoms with E-state index in [1.165, 1.54) is 50.0 Å². The predicted octanol–water partition coefficient (Wildman–Crippen LogP) is 3.47. The van der Waals surface area contributed by atoms with Gasteiger partial charge < -0.3 is 10.6 Å². The maximum absolute atomic E-state index is 6.49. The second-order valence-corrected chi connectivity index (χ2v) is 6.49. The van der Waals surface area contributed by atoms with Crippen LogP contribution in [0.5, 0.6) is 0 Å². The van der Waals surface area contributed by atoms with E-state index >= 15 is 0 Å². The third kappa shape index (κ3) is 3.43. The monoisotopic (exact) mass is 278 g/mol. The van der Waals surface area contributed by atoms with Gasteiger partial charge in [0.05, 0.1) is 10.7 Å². The van der Waals surface area contributed by atoms with Gasteiger partial charge in [-0.2, -0.15) is 0 Å². The zero-order chi connectivity index (χ0) is 13.2. The summed E-state index contributed by atoms with van der Waals surface area (Å²) < 4.78 is 0. The van der Waals surface area contributed by atoms with E-state index in [2.05, 4.69) is 11.0 Å². The number of hydrogen-bond donors (Lipinski definition) is 1. The Bertz CT molecular complexity index is 424. The van der Waals surface area contributed by atoms with Gasteiger partial charge in [-0.25, -0.2) is 0 Å². The molecule has 0 saturated heterocycles. The molecule has 0 aliphatic heterocycles. The first kappa shape index (κ1) is 13.3. The first-order chi connectivity index (χ1) is 9.28. The topological polar surface area (TPSA) is 29.3 Å². The van der Waals surface area contributed by atoms with Gasteiger partial charge in [0.1, 0.15) is 0 Å². The zero-order valence-corrected chi connectivity index (χ0v) is 12.2. The van der Waals surface area contributed by atoms with Crippen molar-refractivity contribution in [2.75, 3.05) is 24.5 Å². The Balaban J connectivity index is 1.85. The fourth-order valence-electron chi connectivity index (χ4n) is 2.75. The second-order valence-electron chi connectivity index (χ2n) is 6.08. The summed E-state index contributed by atoms with van der Waals surface area (Å²) >= 11 is 6.49. The third-order valence-electron chi connectivity index (χ3n) is 4.15. The van der Waals surface area contributed by atoms with Crippen LogP contribution in [0.3, 0.4) is 0 Å². The number of anilines is 1. The Morgan fingerprint density at radius 2 is 1.74 bits per heavy atom. The van der Waals surface area contributed by atoms with Gasteiger partial charge in [0.25, 0.3) is 0 Å². The minimum absolute atomic E-state index is 0.689. The van der Waals surface area contributed by atoms with E-state index in [4.69, 9.17) is 17.3 Å². The minimum Gasteiger partial charge on any atom is -0.370 e. The van der Waals surface area contributed by atoms with E-state index in [-0.39, 0.29) is 0 Å². The Hall–Kier alpha value is -0.730. The zero-order valence-electron chi connectivity index (χ0n) is 11.4. The van der Waals surface area contributed by atoms with Crippen LogP contribution in [0, 0.1) is 11.8 Å². The van der Waals surface area contributed by atoms with Crippen molar-refractivity contribution in [3.8, 4) is 0 Å². The molecule has 1 aromatic rings. The largest absolute Gasteiger partial charge is 0.370 e. The van der Waals surface area contributed by atoms with Gasteiger partial charge >= 0.3 is 0 Å². The minimum atomic E-state index is 0.689. The van der Waals surface area contributed by atoms with Crippen LogP contribution in [0.4, 0.5) is 5.69 Å². The summed E-state index contributed by atoms with van der Waals surface area (Å²) in [6, 6.07) is 6.24. The van der Waals surface area contributed by atoms with Crippen LogP contribution in [0.2, 0.25) is 5.02 Å². The van der Waals surface area contributed by atoms with Gasteiger partial charge in [0.15, 0.2) is 0 Å². The molecule has 2 N–H and O–H groups in total. The lowest BCUT2D eigenvalue weighted by Gasteiger charge is -2.28. The van der Waals surface area contributed by atoms with Crippen molar-refractivity contribution in [1.29, 1.82) is 0 Å². The van der Waals surface area contributed by atoms with Crippen molar-refractivity contribution in [2.45, 2.75) is 32.1 Å². The normalized spacial score (nSPS) is 18.6. The van der Waals surface area contributed by atoms with Crippen LogP contribution in [0.1, 0.15) is 31.2 Å². The highest BCUT2D eigenvalue weighted by atomic mass is 35.5. The van der Waals surface area contributed by atoms with E-state index in [0.29, 0.717) is 6.54 Å². The molecule has 0 aromatic heterocycles. The molecule has 0 amide bonds. The third-order valence-corrected chi connectivity index (χ3v) is 4.46. The Kier molecular flexibility index (Phi) is 3.99. The fraction of sp³-hybridized carbons (Fsp3) is 0.625. The lowest BCUT2D eigenvalue weighted by molar-refractivity contribution is 0.676. The molecule has 19 heavy (non-hydrogen) atoms. The van der Waals surface area contributed by atoms with E-state index < -0.39 is 0 Å². The molecule has 0 spiro atoms. The number of benzene rings is 1. The first-order valence-corrected chi connectivity index (χ1v) is 7.88. The lowest BCUT2D eigenvalue weighted by Crippen LogP contribution is -2.29. The molecule has 2 nitrogen and oxygen atoms in total. The van der Waals surface area contributed by atoms with E-state index in [1.54, 1.807) is 0 Å². The van der Waals surface area contributed by atoms with Crippen molar-refractivity contribution in [2.24, 2.45) is 17.6 Å². The molecule has 3 heteroatoms. The molecule has 1 aromatic carbocycles.